The van der Waals surface area contributed by atoms with Gasteiger partial charge in [0.1, 0.15) is 6.61 Å². The first-order valence-electron chi connectivity index (χ1n) is 7.37. The minimum absolute atomic E-state index is 0.0965. The molecule has 0 spiro atoms. The van der Waals surface area contributed by atoms with E-state index in [4.69, 9.17) is 9.94 Å². The summed E-state index contributed by atoms with van der Waals surface area (Å²) in [6, 6.07) is 9.83. The molecule has 1 aromatic carbocycles. The Labute approximate surface area is 126 Å². The van der Waals surface area contributed by atoms with Gasteiger partial charge in [-0.05, 0) is 18.1 Å². The number of unbranched alkanes of at least 4 members (excludes halogenated alkanes) is 3. The largest absolute Gasteiger partial charge is 0.477 e. The number of oxime groups is 1. The normalized spacial score (nSPS) is 11.8. The van der Waals surface area contributed by atoms with Gasteiger partial charge in [-0.3, -0.25) is 0 Å². The second-order valence-corrected chi connectivity index (χ2v) is 4.76. The van der Waals surface area contributed by atoms with E-state index in [2.05, 4.69) is 12.1 Å². The predicted octanol–water partition coefficient (Wildman–Crippen LogP) is 4.13. The zero-order valence-electron chi connectivity index (χ0n) is 12.5. The Kier molecular flexibility index (Phi) is 8.61. The maximum absolute atomic E-state index is 11.0. The van der Waals surface area contributed by atoms with Crippen LogP contribution in [0.5, 0.6) is 0 Å². The second kappa shape index (κ2) is 10.7. The second-order valence-electron chi connectivity index (χ2n) is 4.76. The zero-order chi connectivity index (χ0) is 15.3. The van der Waals surface area contributed by atoms with Gasteiger partial charge in [-0.15, -0.1) is 0 Å². The highest BCUT2D eigenvalue weighted by atomic mass is 16.6. The third kappa shape index (κ3) is 7.92. The standard InChI is InChI=1S/C17H23NO3/c1-2-3-4-8-13-16(17(19)20)18-21-14-9-12-15-10-6-5-7-11-15/h5-7,9-12H,2-4,8,13-14H2,1H3,(H,19,20)/b12-9+,18-16+. The van der Waals surface area contributed by atoms with Crippen molar-refractivity contribution in [3.63, 3.8) is 0 Å². The molecule has 0 aliphatic carbocycles. The van der Waals surface area contributed by atoms with Gasteiger partial charge in [0, 0.05) is 6.42 Å². The number of carboxylic acid groups (broad SMARTS) is 1. The average molecular weight is 289 g/mol. The van der Waals surface area contributed by atoms with Crippen LogP contribution in [-0.4, -0.2) is 23.4 Å². The molecule has 0 aromatic heterocycles. The summed E-state index contributed by atoms with van der Waals surface area (Å²) in [6.07, 6.45) is 8.29. The molecular formula is C17H23NO3. The number of aliphatic carboxylic acids is 1. The molecule has 0 aliphatic heterocycles. The van der Waals surface area contributed by atoms with Crippen LogP contribution in [-0.2, 0) is 9.63 Å². The molecule has 0 heterocycles. The van der Waals surface area contributed by atoms with E-state index in [1.54, 1.807) is 0 Å². The molecule has 0 aliphatic rings. The number of carboxylic acids is 1. The van der Waals surface area contributed by atoms with Crippen molar-refractivity contribution < 1.29 is 14.7 Å². The van der Waals surface area contributed by atoms with Crippen molar-refractivity contribution in [2.45, 2.75) is 39.0 Å². The van der Waals surface area contributed by atoms with Crippen molar-refractivity contribution in [1.29, 1.82) is 0 Å². The molecule has 0 fully saturated rings. The van der Waals surface area contributed by atoms with Crippen LogP contribution < -0.4 is 0 Å². The monoisotopic (exact) mass is 289 g/mol. The number of hydrogen-bond acceptors (Lipinski definition) is 3. The van der Waals surface area contributed by atoms with Gasteiger partial charge in [0.2, 0.25) is 0 Å². The molecule has 114 valence electrons. The van der Waals surface area contributed by atoms with Crippen molar-refractivity contribution in [3.05, 3.63) is 42.0 Å². The Morgan fingerprint density at radius 1 is 1.24 bits per heavy atom. The van der Waals surface area contributed by atoms with Crippen LogP contribution in [0, 0.1) is 0 Å². The van der Waals surface area contributed by atoms with Gasteiger partial charge in [-0.2, -0.15) is 0 Å². The van der Waals surface area contributed by atoms with Gasteiger partial charge in [-0.25, -0.2) is 4.79 Å². The Hall–Kier alpha value is -2.10. The summed E-state index contributed by atoms with van der Waals surface area (Å²) in [5, 5.41) is 12.8. The molecule has 0 unspecified atom stereocenters. The van der Waals surface area contributed by atoms with E-state index >= 15 is 0 Å². The lowest BCUT2D eigenvalue weighted by atomic mass is 10.1. The fourth-order valence-electron chi connectivity index (χ4n) is 1.82. The molecule has 1 aromatic rings. The lowest BCUT2D eigenvalue weighted by Crippen LogP contribution is -2.13. The molecule has 0 amide bonds. The summed E-state index contributed by atoms with van der Waals surface area (Å²) in [5.74, 6) is -1.00. The molecule has 1 rings (SSSR count). The number of rotatable bonds is 10. The van der Waals surface area contributed by atoms with Crippen LogP contribution in [0.3, 0.4) is 0 Å². The third-order valence-electron chi connectivity index (χ3n) is 2.97. The molecule has 0 saturated carbocycles. The summed E-state index contributed by atoms with van der Waals surface area (Å²) in [7, 11) is 0. The molecule has 4 heteroatoms. The van der Waals surface area contributed by atoms with Gasteiger partial charge in [0.25, 0.3) is 0 Å². The first kappa shape index (κ1) is 17.0. The van der Waals surface area contributed by atoms with E-state index in [1.165, 1.54) is 0 Å². The summed E-state index contributed by atoms with van der Waals surface area (Å²) in [6.45, 7) is 2.38. The van der Waals surface area contributed by atoms with Gasteiger partial charge >= 0.3 is 5.97 Å². The minimum Gasteiger partial charge on any atom is -0.477 e. The van der Waals surface area contributed by atoms with Crippen molar-refractivity contribution in [2.24, 2.45) is 5.16 Å². The van der Waals surface area contributed by atoms with Crippen molar-refractivity contribution in [1.82, 2.24) is 0 Å². The molecule has 21 heavy (non-hydrogen) atoms. The molecule has 4 nitrogen and oxygen atoms in total. The maximum atomic E-state index is 11.0. The number of carbonyl (C=O) groups is 1. The van der Waals surface area contributed by atoms with Crippen LogP contribution in [0.4, 0.5) is 0 Å². The van der Waals surface area contributed by atoms with E-state index in [-0.39, 0.29) is 12.3 Å². The lowest BCUT2D eigenvalue weighted by molar-refractivity contribution is -0.129. The smallest absolute Gasteiger partial charge is 0.353 e. The summed E-state index contributed by atoms with van der Waals surface area (Å²) in [5.41, 5.74) is 1.17. The van der Waals surface area contributed by atoms with Gasteiger partial charge in [0.05, 0.1) is 0 Å². The Morgan fingerprint density at radius 3 is 2.67 bits per heavy atom. The van der Waals surface area contributed by atoms with Gasteiger partial charge < -0.3 is 9.94 Å². The maximum Gasteiger partial charge on any atom is 0.353 e. The Balaban J connectivity index is 2.33. The molecule has 0 saturated heterocycles. The van der Waals surface area contributed by atoms with E-state index in [0.717, 1.165) is 31.2 Å². The zero-order valence-corrected chi connectivity index (χ0v) is 12.5. The summed E-state index contributed by atoms with van der Waals surface area (Å²) < 4.78 is 0. The summed E-state index contributed by atoms with van der Waals surface area (Å²) >= 11 is 0. The average Bonchev–Trinajstić information content (AvgIpc) is 2.49. The van der Waals surface area contributed by atoms with Crippen LogP contribution >= 0.6 is 0 Å². The van der Waals surface area contributed by atoms with Gasteiger partial charge in [-0.1, -0.05) is 67.7 Å². The number of hydrogen-bond donors (Lipinski definition) is 1. The molecule has 0 atom stereocenters. The first-order valence-corrected chi connectivity index (χ1v) is 7.37. The topological polar surface area (TPSA) is 58.9 Å². The Bertz CT molecular complexity index is 466. The highest BCUT2D eigenvalue weighted by molar-refractivity contribution is 6.35. The van der Waals surface area contributed by atoms with E-state index < -0.39 is 5.97 Å². The van der Waals surface area contributed by atoms with E-state index in [0.29, 0.717) is 6.42 Å². The molecule has 1 N–H and O–H groups in total. The van der Waals surface area contributed by atoms with E-state index in [1.807, 2.05) is 42.5 Å². The van der Waals surface area contributed by atoms with Crippen molar-refractivity contribution >= 4 is 17.8 Å². The quantitative estimate of drug-likeness (QED) is 0.400. The first-order chi connectivity index (χ1) is 10.2. The lowest BCUT2D eigenvalue weighted by Gasteiger charge is -2.01. The SMILES string of the molecule is CCCCCC/C(=N\OC/C=C/c1ccccc1)C(=O)O. The van der Waals surface area contributed by atoms with Crippen LogP contribution in [0.1, 0.15) is 44.6 Å². The van der Waals surface area contributed by atoms with Crippen LogP contribution in [0.15, 0.2) is 41.6 Å². The van der Waals surface area contributed by atoms with Crippen molar-refractivity contribution in [2.75, 3.05) is 6.61 Å². The fourth-order valence-corrected chi connectivity index (χ4v) is 1.82. The fraction of sp³-hybridized carbons (Fsp3) is 0.412. The Morgan fingerprint density at radius 2 is 2.00 bits per heavy atom. The highest BCUT2D eigenvalue weighted by Gasteiger charge is 2.09. The van der Waals surface area contributed by atoms with E-state index in [9.17, 15) is 4.79 Å². The molecular weight excluding hydrogens is 266 g/mol. The van der Waals surface area contributed by atoms with Gasteiger partial charge in [0.15, 0.2) is 5.71 Å². The van der Waals surface area contributed by atoms with Crippen LogP contribution in [0.2, 0.25) is 0 Å². The number of benzene rings is 1. The highest BCUT2D eigenvalue weighted by Crippen LogP contribution is 2.05. The molecule has 0 radical (unpaired) electrons. The van der Waals surface area contributed by atoms with Crippen molar-refractivity contribution in [3.8, 4) is 0 Å². The van der Waals surface area contributed by atoms with Crippen LogP contribution in [0.25, 0.3) is 6.08 Å². The minimum atomic E-state index is -1.00. The predicted molar refractivity (Wildman–Crippen MR) is 85.3 cm³/mol. The summed E-state index contributed by atoms with van der Waals surface area (Å²) in [4.78, 5) is 16.1. The number of nitrogens with zero attached hydrogens (tertiary/aromatic N) is 1. The third-order valence-corrected chi connectivity index (χ3v) is 2.97. The molecule has 0 bridgehead atoms.